The Morgan fingerprint density at radius 2 is 0.929 bits per heavy atom. The van der Waals surface area contributed by atoms with Crippen LogP contribution in [0.3, 0.4) is 0 Å². The van der Waals surface area contributed by atoms with Gasteiger partial charge in [0.15, 0.2) is 0 Å². The lowest BCUT2D eigenvalue weighted by Gasteiger charge is -2.22. The van der Waals surface area contributed by atoms with Crippen molar-refractivity contribution in [1.29, 1.82) is 0 Å². The summed E-state index contributed by atoms with van der Waals surface area (Å²) < 4.78 is 0. The first-order chi connectivity index (χ1) is 13.4. The molecule has 0 saturated carbocycles. The molecule has 2 nitrogen and oxygen atoms in total. The van der Waals surface area contributed by atoms with Crippen molar-refractivity contribution in [2.24, 2.45) is 0 Å². The second-order valence-electron chi connectivity index (χ2n) is 8.26. The Morgan fingerprint density at radius 3 is 1.29 bits per heavy atom. The fraction of sp³-hybridized carbons (Fsp3) is 0.231. The zero-order chi connectivity index (χ0) is 20.0. The number of fused-ring (bicyclic) bond motifs is 2. The molecule has 2 heteroatoms. The molecule has 0 aliphatic carbocycles. The lowest BCUT2D eigenvalue weighted by Crippen LogP contribution is -2.05. The third kappa shape index (κ3) is 2.80. The summed E-state index contributed by atoms with van der Waals surface area (Å²) in [5, 5.41) is 4.71. The summed E-state index contributed by atoms with van der Waals surface area (Å²) in [6.45, 7) is 8.76. The summed E-state index contributed by atoms with van der Waals surface area (Å²) in [5.74, 6) is 0.674. The van der Waals surface area contributed by atoms with Gasteiger partial charge in [-0.15, -0.1) is 0 Å². The highest BCUT2D eigenvalue weighted by Crippen LogP contribution is 2.46. The maximum absolute atomic E-state index is 6.81. The first kappa shape index (κ1) is 18.4. The summed E-state index contributed by atoms with van der Waals surface area (Å²) in [7, 11) is 0. The van der Waals surface area contributed by atoms with E-state index in [-0.39, 0.29) is 0 Å². The fourth-order valence-electron chi connectivity index (χ4n) is 4.26. The van der Waals surface area contributed by atoms with Crippen LogP contribution in [0.15, 0.2) is 60.7 Å². The van der Waals surface area contributed by atoms with Gasteiger partial charge < -0.3 is 11.5 Å². The topological polar surface area (TPSA) is 52.0 Å². The Morgan fingerprint density at radius 1 is 0.571 bits per heavy atom. The molecule has 0 atom stereocenters. The summed E-state index contributed by atoms with van der Waals surface area (Å²) in [6, 6.07) is 21.4. The van der Waals surface area contributed by atoms with Crippen molar-refractivity contribution in [2.75, 3.05) is 11.5 Å². The van der Waals surface area contributed by atoms with Gasteiger partial charge in [-0.2, -0.15) is 0 Å². The molecule has 4 N–H and O–H groups in total. The molecule has 142 valence electrons. The van der Waals surface area contributed by atoms with Crippen molar-refractivity contribution in [3.05, 3.63) is 71.8 Å². The normalized spacial score (nSPS) is 11.8. The Labute approximate surface area is 167 Å². The van der Waals surface area contributed by atoms with Gasteiger partial charge in [0.05, 0.1) is 0 Å². The summed E-state index contributed by atoms with van der Waals surface area (Å²) >= 11 is 0. The Hall–Kier alpha value is -3.00. The van der Waals surface area contributed by atoms with Crippen LogP contribution in [0.5, 0.6) is 0 Å². The predicted octanol–water partition coefficient (Wildman–Crippen LogP) is 7.07. The molecule has 28 heavy (non-hydrogen) atoms. The van der Waals surface area contributed by atoms with Crippen LogP contribution in [0, 0.1) is 0 Å². The van der Waals surface area contributed by atoms with Crippen LogP contribution in [0.25, 0.3) is 32.7 Å². The molecular weight excluding hydrogens is 340 g/mol. The van der Waals surface area contributed by atoms with Crippen molar-refractivity contribution in [2.45, 2.75) is 39.5 Å². The molecule has 4 rings (SSSR count). The first-order valence-electron chi connectivity index (χ1n) is 10.0. The van der Waals surface area contributed by atoms with E-state index in [1.807, 2.05) is 0 Å². The number of hydrogen-bond donors (Lipinski definition) is 2. The van der Waals surface area contributed by atoms with Crippen LogP contribution < -0.4 is 11.5 Å². The molecule has 4 aromatic carbocycles. The lowest BCUT2D eigenvalue weighted by atomic mass is 9.84. The minimum atomic E-state index is 0.337. The number of nitrogen functional groups attached to an aromatic ring is 2. The number of benzene rings is 4. The third-order valence-corrected chi connectivity index (χ3v) is 5.74. The average molecular weight is 369 g/mol. The molecule has 0 spiro atoms. The lowest BCUT2D eigenvalue weighted by molar-refractivity contribution is 0.870. The highest BCUT2D eigenvalue weighted by molar-refractivity contribution is 6.14. The molecule has 0 aliphatic heterocycles. The Bertz CT molecular complexity index is 1090. The van der Waals surface area contributed by atoms with Crippen LogP contribution in [0.4, 0.5) is 11.4 Å². The predicted molar refractivity (Wildman–Crippen MR) is 124 cm³/mol. The van der Waals surface area contributed by atoms with Gasteiger partial charge in [-0.1, -0.05) is 76.2 Å². The fourth-order valence-corrected chi connectivity index (χ4v) is 4.26. The molecule has 0 fully saturated rings. The standard InChI is InChI=1S/C26H28N2/c1-15(2)21-13-17-9-5-7-11-19(17)23(25(21)27)24-20-12-8-6-10-18(20)14-22(16(3)4)26(24)28/h5-16H,27-28H2,1-4H3. The van der Waals surface area contributed by atoms with Crippen LogP contribution in [-0.2, 0) is 0 Å². The van der Waals surface area contributed by atoms with E-state index in [0.29, 0.717) is 11.8 Å². The molecule has 4 aromatic rings. The number of rotatable bonds is 3. The minimum absolute atomic E-state index is 0.337. The van der Waals surface area contributed by atoms with Gasteiger partial charge in [-0.05, 0) is 56.6 Å². The van der Waals surface area contributed by atoms with Crippen LogP contribution in [-0.4, -0.2) is 0 Å². The molecule has 0 bridgehead atoms. The van der Waals surface area contributed by atoms with Gasteiger partial charge in [0.2, 0.25) is 0 Å². The summed E-state index contributed by atoms with van der Waals surface area (Å²) in [4.78, 5) is 0. The van der Waals surface area contributed by atoms with Crippen molar-refractivity contribution in [3.8, 4) is 11.1 Å². The van der Waals surface area contributed by atoms with Gasteiger partial charge >= 0.3 is 0 Å². The number of hydrogen-bond acceptors (Lipinski definition) is 2. The van der Waals surface area contributed by atoms with Crippen LogP contribution in [0.2, 0.25) is 0 Å². The van der Waals surface area contributed by atoms with E-state index in [4.69, 9.17) is 11.5 Å². The molecule has 0 amide bonds. The highest BCUT2D eigenvalue weighted by Gasteiger charge is 2.21. The molecular formula is C26H28N2. The van der Waals surface area contributed by atoms with E-state index in [2.05, 4.69) is 88.4 Å². The number of anilines is 2. The molecule has 0 aromatic heterocycles. The van der Waals surface area contributed by atoms with E-state index >= 15 is 0 Å². The Kier molecular flexibility index (Phi) is 4.50. The first-order valence-corrected chi connectivity index (χ1v) is 10.0. The van der Waals surface area contributed by atoms with Crippen molar-refractivity contribution in [1.82, 2.24) is 0 Å². The SMILES string of the molecule is CC(C)c1cc2ccccc2c(-c2c(N)c(C(C)C)cc3ccccc23)c1N. The highest BCUT2D eigenvalue weighted by atomic mass is 14.6. The van der Waals surface area contributed by atoms with E-state index in [1.54, 1.807) is 0 Å². The zero-order valence-corrected chi connectivity index (χ0v) is 17.1. The minimum Gasteiger partial charge on any atom is -0.398 e. The largest absolute Gasteiger partial charge is 0.398 e. The maximum atomic E-state index is 6.81. The molecule has 0 unspecified atom stereocenters. The number of nitrogens with two attached hydrogens (primary N) is 2. The van der Waals surface area contributed by atoms with E-state index in [0.717, 1.165) is 33.3 Å². The van der Waals surface area contributed by atoms with Gasteiger partial charge in [-0.3, -0.25) is 0 Å². The van der Waals surface area contributed by atoms with Crippen molar-refractivity contribution < 1.29 is 0 Å². The second-order valence-corrected chi connectivity index (χ2v) is 8.26. The zero-order valence-electron chi connectivity index (χ0n) is 17.1. The van der Waals surface area contributed by atoms with E-state index in [1.165, 1.54) is 21.9 Å². The van der Waals surface area contributed by atoms with Crippen molar-refractivity contribution >= 4 is 32.9 Å². The third-order valence-electron chi connectivity index (χ3n) is 5.74. The van der Waals surface area contributed by atoms with Crippen LogP contribution >= 0.6 is 0 Å². The van der Waals surface area contributed by atoms with E-state index < -0.39 is 0 Å². The molecule has 0 heterocycles. The van der Waals surface area contributed by atoms with E-state index in [9.17, 15) is 0 Å². The van der Waals surface area contributed by atoms with Gasteiger partial charge in [-0.25, -0.2) is 0 Å². The second kappa shape index (κ2) is 6.87. The van der Waals surface area contributed by atoms with Gasteiger partial charge in [0, 0.05) is 22.5 Å². The maximum Gasteiger partial charge on any atom is 0.0436 e. The van der Waals surface area contributed by atoms with Gasteiger partial charge in [0.1, 0.15) is 0 Å². The van der Waals surface area contributed by atoms with Gasteiger partial charge in [0.25, 0.3) is 0 Å². The monoisotopic (exact) mass is 368 g/mol. The van der Waals surface area contributed by atoms with Crippen LogP contribution in [0.1, 0.15) is 50.7 Å². The molecule has 0 aliphatic rings. The smallest absolute Gasteiger partial charge is 0.0436 e. The summed E-state index contributed by atoms with van der Waals surface area (Å²) in [6.07, 6.45) is 0. The molecule has 0 radical (unpaired) electrons. The summed E-state index contributed by atoms with van der Waals surface area (Å²) in [5.41, 5.74) is 19.8. The molecule has 0 saturated heterocycles. The Balaban J connectivity index is 2.24. The quantitative estimate of drug-likeness (QED) is 0.380. The average Bonchev–Trinajstić information content (AvgIpc) is 2.67. The van der Waals surface area contributed by atoms with Crippen molar-refractivity contribution in [3.63, 3.8) is 0 Å².